The Bertz CT molecular complexity index is 1750. The first-order valence-electron chi connectivity index (χ1n) is 18.8. The van der Waals surface area contributed by atoms with E-state index < -0.39 is 92.3 Å². The summed E-state index contributed by atoms with van der Waals surface area (Å²) in [7, 11) is 3.58. The van der Waals surface area contributed by atoms with Gasteiger partial charge in [0.1, 0.15) is 37.1 Å². The van der Waals surface area contributed by atoms with Crippen molar-refractivity contribution in [2.45, 2.75) is 95.1 Å². The average molecular weight is 827 g/mol. The average Bonchev–Trinajstić information content (AvgIpc) is 3.24. The molecular weight excluding hydrogens is 776 g/mol. The van der Waals surface area contributed by atoms with E-state index in [1.165, 1.54) is 14.0 Å². The molecule has 0 N–H and O–H groups in total. The van der Waals surface area contributed by atoms with E-state index in [0.29, 0.717) is 0 Å². The van der Waals surface area contributed by atoms with Crippen LogP contribution in [0.1, 0.15) is 30.5 Å². The molecule has 10 atom stereocenters. The fourth-order valence-corrected chi connectivity index (χ4v) is 6.52. The second kappa shape index (κ2) is 22.9. The molecule has 0 amide bonds. The van der Waals surface area contributed by atoms with Gasteiger partial charge in [0.25, 0.3) is 0 Å². The molecule has 5 rings (SSSR count). The Balaban J connectivity index is 1.58. The standard InChI is InChI=1S/C42H50O17/c1-26(43)51-25-32-34(54-27(2)44)36(58-41(45)48-4)38(59-42(46)49-5)40(56-32)57-33-31(24-50-21-28-15-9-6-10-16-28)55-39(47-3)37(53-23-30-19-13-8-14-20-30)35(33)52-22-29-17-11-7-12-18-29/h6-20,31-40H,21-25H2,1-5H3/t31-,32-,33-,34-,35+,36+,37-,38-,39+,40+/m1/s1. The summed E-state index contributed by atoms with van der Waals surface area (Å²) in [6.45, 7) is 2.08. The van der Waals surface area contributed by atoms with Gasteiger partial charge in [-0.3, -0.25) is 9.59 Å². The molecular formula is C42H50O17. The molecule has 0 radical (unpaired) electrons. The Labute approximate surface area is 341 Å². The number of carbonyl (C=O) groups is 4. The van der Waals surface area contributed by atoms with Crippen LogP contribution in [0.4, 0.5) is 9.59 Å². The van der Waals surface area contributed by atoms with Gasteiger partial charge in [0.05, 0.1) is 40.6 Å². The van der Waals surface area contributed by atoms with Crippen molar-refractivity contribution in [3.8, 4) is 0 Å². The first-order chi connectivity index (χ1) is 28.6. The lowest BCUT2D eigenvalue weighted by molar-refractivity contribution is -0.367. The van der Waals surface area contributed by atoms with Crippen LogP contribution in [-0.4, -0.2) is 120 Å². The van der Waals surface area contributed by atoms with Crippen LogP contribution in [0, 0.1) is 0 Å². The van der Waals surface area contributed by atoms with Gasteiger partial charge in [0.15, 0.2) is 30.9 Å². The van der Waals surface area contributed by atoms with Crippen molar-refractivity contribution >= 4 is 24.2 Å². The summed E-state index contributed by atoms with van der Waals surface area (Å²) in [5.74, 6) is -1.52. The molecule has 0 aromatic heterocycles. The monoisotopic (exact) mass is 826 g/mol. The molecule has 3 aromatic carbocycles. The normalized spacial score (nSPS) is 26.5. The first-order valence-corrected chi connectivity index (χ1v) is 18.8. The van der Waals surface area contributed by atoms with Crippen LogP contribution in [0.15, 0.2) is 91.0 Å². The van der Waals surface area contributed by atoms with E-state index in [9.17, 15) is 19.2 Å². The fourth-order valence-electron chi connectivity index (χ4n) is 6.52. The van der Waals surface area contributed by atoms with Gasteiger partial charge in [0.2, 0.25) is 0 Å². The van der Waals surface area contributed by atoms with Crippen LogP contribution in [0.3, 0.4) is 0 Å². The number of ether oxygens (including phenoxy) is 13. The van der Waals surface area contributed by atoms with Gasteiger partial charge < -0.3 is 61.6 Å². The van der Waals surface area contributed by atoms with E-state index in [1.54, 1.807) is 0 Å². The van der Waals surface area contributed by atoms with Gasteiger partial charge >= 0.3 is 24.2 Å². The summed E-state index contributed by atoms with van der Waals surface area (Å²) in [5, 5.41) is 0. The zero-order valence-electron chi connectivity index (χ0n) is 33.4. The van der Waals surface area contributed by atoms with Gasteiger partial charge in [-0.05, 0) is 16.7 Å². The molecule has 0 aliphatic carbocycles. The number of rotatable bonds is 18. The topological polar surface area (TPSA) is 188 Å². The predicted molar refractivity (Wildman–Crippen MR) is 202 cm³/mol. The van der Waals surface area contributed by atoms with E-state index in [1.807, 2.05) is 91.0 Å². The van der Waals surface area contributed by atoms with Gasteiger partial charge in [-0.2, -0.15) is 0 Å². The fraction of sp³-hybridized carbons (Fsp3) is 0.476. The Morgan fingerprint density at radius 3 is 1.51 bits per heavy atom. The molecule has 17 nitrogen and oxygen atoms in total. The zero-order chi connectivity index (χ0) is 42.1. The van der Waals surface area contributed by atoms with Gasteiger partial charge in [-0.15, -0.1) is 0 Å². The third-order valence-corrected chi connectivity index (χ3v) is 9.22. The summed E-state index contributed by atoms with van der Waals surface area (Å²) in [4.78, 5) is 50.0. The number of benzene rings is 3. The van der Waals surface area contributed by atoms with E-state index in [4.69, 9.17) is 61.6 Å². The third-order valence-electron chi connectivity index (χ3n) is 9.22. The summed E-state index contributed by atoms with van der Waals surface area (Å²) in [6.07, 6.45) is -15.5. The van der Waals surface area contributed by atoms with Crippen LogP contribution in [0.25, 0.3) is 0 Å². The highest BCUT2D eigenvalue weighted by Crippen LogP contribution is 2.36. The molecule has 2 aliphatic rings. The minimum Gasteiger partial charge on any atom is -0.463 e. The molecule has 320 valence electrons. The molecule has 2 aliphatic heterocycles. The van der Waals surface area contributed by atoms with Crippen molar-refractivity contribution in [2.24, 2.45) is 0 Å². The lowest BCUT2D eigenvalue weighted by Crippen LogP contribution is -2.67. The number of carbonyl (C=O) groups excluding carboxylic acids is 4. The summed E-state index contributed by atoms with van der Waals surface area (Å²) < 4.78 is 76.5. The van der Waals surface area contributed by atoms with Crippen molar-refractivity contribution in [2.75, 3.05) is 34.5 Å². The Morgan fingerprint density at radius 1 is 0.508 bits per heavy atom. The summed E-state index contributed by atoms with van der Waals surface area (Å²) in [5.41, 5.74) is 2.56. The van der Waals surface area contributed by atoms with E-state index in [-0.39, 0.29) is 26.4 Å². The van der Waals surface area contributed by atoms with Crippen molar-refractivity contribution < 1.29 is 80.8 Å². The van der Waals surface area contributed by atoms with Crippen molar-refractivity contribution in [1.82, 2.24) is 0 Å². The quantitative estimate of drug-likeness (QED) is 0.127. The number of hydrogen-bond donors (Lipinski definition) is 0. The first kappa shape index (κ1) is 45.0. The minimum atomic E-state index is -1.70. The summed E-state index contributed by atoms with van der Waals surface area (Å²) in [6, 6.07) is 28.3. The highest BCUT2D eigenvalue weighted by atomic mass is 16.8. The largest absolute Gasteiger partial charge is 0.508 e. The van der Waals surface area contributed by atoms with Crippen molar-refractivity contribution in [3.05, 3.63) is 108 Å². The molecule has 2 heterocycles. The van der Waals surface area contributed by atoms with Crippen molar-refractivity contribution in [3.63, 3.8) is 0 Å². The Kier molecular flexibility index (Phi) is 17.4. The predicted octanol–water partition coefficient (Wildman–Crippen LogP) is 4.65. The maximum Gasteiger partial charge on any atom is 0.508 e. The number of esters is 2. The van der Waals surface area contributed by atoms with E-state index in [2.05, 4.69) is 0 Å². The minimum absolute atomic E-state index is 0.0792. The lowest BCUT2D eigenvalue weighted by atomic mass is 9.96. The van der Waals surface area contributed by atoms with Crippen LogP contribution >= 0.6 is 0 Å². The molecule has 3 aromatic rings. The molecule has 2 saturated heterocycles. The molecule has 0 unspecified atom stereocenters. The van der Waals surface area contributed by atoms with E-state index in [0.717, 1.165) is 37.8 Å². The van der Waals surface area contributed by atoms with Crippen LogP contribution in [0.2, 0.25) is 0 Å². The van der Waals surface area contributed by atoms with Crippen LogP contribution in [0.5, 0.6) is 0 Å². The van der Waals surface area contributed by atoms with Gasteiger partial charge in [-0.1, -0.05) is 91.0 Å². The molecule has 0 spiro atoms. The molecule has 0 bridgehead atoms. The molecule has 59 heavy (non-hydrogen) atoms. The van der Waals surface area contributed by atoms with Gasteiger partial charge in [0, 0.05) is 21.0 Å². The van der Waals surface area contributed by atoms with Crippen LogP contribution < -0.4 is 0 Å². The zero-order valence-corrected chi connectivity index (χ0v) is 33.4. The Morgan fingerprint density at radius 2 is 1.00 bits per heavy atom. The highest BCUT2D eigenvalue weighted by molar-refractivity contribution is 5.67. The SMILES string of the molecule is COC(=O)O[C@@H]1[C@@H](OC(=O)OC)[C@H](O[C@H]2[C@H](OCc3ccccc3)[C@@H](OCc3ccccc3)[C@@H](OC)O[C@@H]2COCc2ccccc2)O[C@H](COC(C)=O)[C@H]1OC(C)=O. The Hall–Kier alpha value is -5.14. The maximum atomic E-state index is 12.9. The number of methoxy groups -OCH3 is 3. The third kappa shape index (κ3) is 13.2. The maximum absolute atomic E-state index is 12.9. The van der Waals surface area contributed by atoms with Gasteiger partial charge in [-0.25, -0.2) is 9.59 Å². The molecule has 17 heteroatoms. The van der Waals surface area contributed by atoms with E-state index >= 15 is 0 Å². The smallest absolute Gasteiger partial charge is 0.463 e. The van der Waals surface area contributed by atoms with Crippen molar-refractivity contribution in [1.29, 1.82) is 0 Å². The molecule has 0 saturated carbocycles. The lowest BCUT2D eigenvalue weighted by Gasteiger charge is -2.49. The number of hydrogen-bond acceptors (Lipinski definition) is 17. The van der Waals surface area contributed by atoms with Crippen LogP contribution in [-0.2, 0) is 91.0 Å². The second-order valence-corrected chi connectivity index (χ2v) is 13.4. The second-order valence-electron chi connectivity index (χ2n) is 13.4. The highest BCUT2D eigenvalue weighted by Gasteiger charge is 2.57. The summed E-state index contributed by atoms with van der Waals surface area (Å²) >= 11 is 0. The molecule has 2 fully saturated rings.